The molecule has 0 aromatic rings. The van der Waals surface area contributed by atoms with Crippen LogP contribution < -0.4 is 0 Å². The van der Waals surface area contributed by atoms with Gasteiger partial charge in [0.25, 0.3) is 0 Å². The molecule has 1 aliphatic rings. The fourth-order valence-electron chi connectivity index (χ4n) is 1.92. The third-order valence-corrected chi connectivity index (χ3v) is 3.45. The molecule has 0 bridgehead atoms. The van der Waals surface area contributed by atoms with Crippen LogP contribution in [0.25, 0.3) is 0 Å². The Labute approximate surface area is 94.1 Å². The topological polar surface area (TPSA) is 21.6 Å². The van der Waals surface area contributed by atoms with E-state index in [-0.39, 0.29) is 0 Å². The van der Waals surface area contributed by atoms with Crippen molar-refractivity contribution < 1.29 is 4.74 Å². The molecular formula is C13H25NO. The second-order valence-corrected chi connectivity index (χ2v) is 4.69. The van der Waals surface area contributed by atoms with Crippen LogP contribution in [0.4, 0.5) is 0 Å². The number of nitrogens with zero attached hydrogens (tertiary/aromatic N) is 1. The lowest BCUT2D eigenvalue weighted by molar-refractivity contribution is 0.318. The lowest BCUT2D eigenvalue weighted by Crippen LogP contribution is -2.09. The first-order valence-electron chi connectivity index (χ1n) is 6.42. The molecule has 1 heterocycles. The van der Waals surface area contributed by atoms with E-state index in [9.17, 15) is 0 Å². The van der Waals surface area contributed by atoms with Gasteiger partial charge in [-0.05, 0) is 18.3 Å². The molecule has 0 N–H and O–H groups in total. The van der Waals surface area contributed by atoms with Crippen LogP contribution in [0.5, 0.6) is 0 Å². The highest BCUT2D eigenvalue weighted by Gasteiger charge is 2.15. The molecule has 0 spiro atoms. The highest BCUT2D eigenvalue weighted by molar-refractivity contribution is 5.77. The number of hydrogen-bond acceptors (Lipinski definition) is 2. The van der Waals surface area contributed by atoms with Crippen molar-refractivity contribution in [3.63, 3.8) is 0 Å². The van der Waals surface area contributed by atoms with E-state index in [2.05, 4.69) is 25.8 Å². The molecule has 0 saturated carbocycles. The van der Waals surface area contributed by atoms with Gasteiger partial charge in [-0.3, -0.25) is 4.99 Å². The molecule has 0 saturated heterocycles. The van der Waals surface area contributed by atoms with Crippen molar-refractivity contribution in [3.8, 4) is 0 Å². The van der Waals surface area contributed by atoms with Crippen molar-refractivity contribution in [2.24, 2.45) is 16.8 Å². The first-order valence-corrected chi connectivity index (χ1v) is 6.42. The lowest BCUT2D eigenvalue weighted by Gasteiger charge is -2.16. The van der Waals surface area contributed by atoms with Crippen molar-refractivity contribution in [3.05, 3.63) is 0 Å². The zero-order chi connectivity index (χ0) is 11.1. The van der Waals surface area contributed by atoms with Crippen LogP contribution in [0.15, 0.2) is 4.99 Å². The van der Waals surface area contributed by atoms with Gasteiger partial charge in [-0.1, -0.05) is 40.0 Å². The summed E-state index contributed by atoms with van der Waals surface area (Å²) in [6.45, 7) is 8.57. The maximum Gasteiger partial charge on any atom is 0.183 e. The molecule has 15 heavy (non-hydrogen) atoms. The van der Waals surface area contributed by atoms with Gasteiger partial charge in [-0.25, -0.2) is 0 Å². The highest BCUT2D eigenvalue weighted by Crippen LogP contribution is 2.21. The van der Waals surface area contributed by atoms with E-state index < -0.39 is 0 Å². The maximum atomic E-state index is 5.47. The molecule has 0 radical (unpaired) electrons. The zero-order valence-electron chi connectivity index (χ0n) is 10.5. The van der Waals surface area contributed by atoms with Crippen LogP contribution in [0.1, 0.15) is 52.9 Å². The molecular weight excluding hydrogens is 186 g/mol. The Bertz CT molecular complexity index is 201. The lowest BCUT2D eigenvalue weighted by atomic mass is 9.91. The zero-order valence-corrected chi connectivity index (χ0v) is 10.5. The van der Waals surface area contributed by atoms with Crippen LogP contribution in [-0.4, -0.2) is 19.0 Å². The first kappa shape index (κ1) is 12.5. The summed E-state index contributed by atoms with van der Waals surface area (Å²) in [5.41, 5.74) is 0. The summed E-state index contributed by atoms with van der Waals surface area (Å²) in [6, 6.07) is 0. The fraction of sp³-hybridized carbons (Fsp3) is 0.923. The molecule has 2 unspecified atom stereocenters. The van der Waals surface area contributed by atoms with Crippen LogP contribution in [0.2, 0.25) is 0 Å². The van der Waals surface area contributed by atoms with Crippen LogP contribution in [0.3, 0.4) is 0 Å². The third-order valence-electron chi connectivity index (χ3n) is 3.45. The minimum atomic E-state index is 0.774. The minimum absolute atomic E-state index is 0.774. The largest absolute Gasteiger partial charge is 0.479 e. The number of hydrogen-bond donors (Lipinski definition) is 0. The number of rotatable bonds is 7. The SMILES string of the molecule is CCC(C)CCC(CC)CC1=NCCO1. The summed E-state index contributed by atoms with van der Waals surface area (Å²) < 4.78 is 5.47. The summed E-state index contributed by atoms with van der Waals surface area (Å²) in [7, 11) is 0. The van der Waals surface area contributed by atoms with E-state index in [1.807, 2.05) is 0 Å². The Morgan fingerprint density at radius 3 is 2.60 bits per heavy atom. The molecule has 1 rings (SSSR count). The molecule has 2 heteroatoms. The van der Waals surface area contributed by atoms with Crippen molar-refractivity contribution >= 4 is 5.90 Å². The van der Waals surface area contributed by atoms with Gasteiger partial charge in [0, 0.05) is 6.42 Å². The number of aliphatic imine (C=N–C) groups is 1. The van der Waals surface area contributed by atoms with Gasteiger partial charge < -0.3 is 4.74 Å². The summed E-state index contributed by atoms with van der Waals surface area (Å²) in [5, 5.41) is 0. The molecule has 88 valence electrons. The van der Waals surface area contributed by atoms with Gasteiger partial charge >= 0.3 is 0 Å². The van der Waals surface area contributed by atoms with Crippen molar-refractivity contribution in [1.29, 1.82) is 0 Å². The summed E-state index contributed by atoms with van der Waals surface area (Å²) in [4.78, 5) is 4.37. The molecule has 0 aliphatic carbocycles. The monoisotopic (exact) mass is 211 g/mol. The molecule has 0 aromatic heterocycles. The van der Waals surface area contributed by atoms with Gasteiger partial charge in [0.15, 0.2) is 5.90 Å². The van der Waals surface area contributed by atoms with Crippen molar-refractivity contribution in [2.45, 2.75) is 52.9 Å². The summed E-state index contributed by atoms with van der Waals surface area (Å²) in [6.07, 6.45) is 6.29. The van der Waals surface area contributed by atoms with Gasteiger partial charge in [0.2, 0.25) is 0 Å². The molecule has 0 aromatic carbocycles. The predicted molar refractivity (Wildman–Crippen MR) is 65.3 cm³/mol. The van der Waals surface area contributed by atoms with E-state index >= 15 is 0 Å². The van der Waals surface area contributed by atoms with Crippen LogP contribution in [0, 0.1) is 11.8 Å². The van der Waals surface area contributed by atoms with E-state index in [4.69, 9.17) is 4.74 Å². The molecule has 2 atom stereocenters. The Kier molecular flexibility index (Phi) is 5.74. The van der Waals surface area contributed by atoms with Gasteiger partial charge in [0.1, 0.15) is 6.61 Å². The van der Waals surface area contributed by atoms with Crippen molar-refractivity contribution in [1.82, 2.24) is 0 Å². The molecule has 1 aliphatic heterocycles. The van der Waals surface area contributed by atoms with E-state index in [1.165, 1.54) is 25.7 Å². The van der Waals surface area contributed by atoms with E-state index in [1.54, 1.807) is 0 Å². The first-order chi connectivity index (χ1) is 7.26. The number of ether oxygens (including phenoxy) is 1. The van der Waals surface area contributed by atoms with E-state index in [0.29, 0.717) is 0 Å². The minimum Gasteiger partial charge on any atom is -0.479 e. The van der Waals surface area contributed by atoms with Gasteiger partial charge in [0.05, 0.1) is 6.54 Å². The highest BCUT2D eigenvalue weighted by atomic mass is 16.5. The second kappa shape index (κ2) is 6.86. The van der Waals surface area contributed by atoms with Gasteiger partial charge in [-0.2, -0.15) is 0 Å². The molecule has 0 fully saturated rings. The second-order valence-electron chi connectivity index (χ2n) is 4.69. The normalized spacial score (nSPS) is 19.5. The third kappa shape index (κ3) is 4.67. The molecule has 0 amide bonds. The van der Waals surface area contributed by atoms with Gasteiger partial charge in [-0.15, -0.1) is 0 Å². The standard InChI is InChI=1S/C13H25NO/c1-4-11(3)6-7-12(5-2)10-13-14-8-9-15-13/h11-12H,4-10H2,1-3H3. The predicted octanol–water partition coefficient (Wildman–Crippen LogP) is 3.66. The molecule has 2 nitrogen and oxygen atoms in total. The fourth-order valence-corrected chi connectivity index (χ4v) is 1.92. The van der Waals surface area contributed by atoms with Crippen molar-refractivity contribution in [2.75, 3.05) is 13.2 Å². The Balaban J connectivity index is 2.22. The van der Waals surface area contributed by atoms with E-state index in [0.717, 1.165) is 37.3 Å². The maximum absolute atomic E-state index is 5.47. The average molecular weight is 211 g/mol. The smallest absolute Gasteiger partial charge is 0.183 e. The summed E-state index contributed by atoms with van der Waals surface area (Å²) >= 11 is 0. The Morgan fingerprint density at radius 2 is 2.07 bits per heavy atom. The average Bonchev–Trinajstić information content (AvgIpc) is 2.76. The van der Waals surface area contributed by atoms with Crippen LogP contribution >= 0.6 is 0 Å². The summed E-state index contributed by atoms with van der Waals surface area (Å²) in [5.74, 6) is 2.65. The Morgan fingerprint density at radius 1 is 1.27 bits per heavy atom. The Hall–Kier alpha value is -0.530. The quantitative estimate of drug-likeness (QED) is 0.630. The van der Waals surface area contributed by atoms with Crippen LogP contribution in [-0.2, 0) is 4.74 Å².